The molecule has 5 heterocycles. The van der Waals surface area contributed by atoms with E-state index in [1.54, 1.807) is 12.5 Å². The Kier molecular flexibility index (Phi) is 5.79. The zero-order chi connectivity index (χ0) is 24.6. The van der Waals surface area contributed by atoms with Gasteiger partial charge >= 0.3 is 5.97 Å². The number of ether oxygens (including phenoxy) is 1. The lowest BCUT2D eigenvalue weighted by atomic mass is 10.0. The highest BCUT2D eigenvalue weighted by atomic mass is 32.1. The Morgan fingerprint density at radius 2 is 2.00 bits per heavy atom. The molecule has 1 atom stereocenters. The van der Waals surface area contributed by atoms with Crippen molar-refractivity contribution in [3.63, 3.8) is 0 Å². The number of carbonyl (C=O) groups is 1. The third kappa shape index (κ3) is 4.38. The van der Waals surface area contributed by atoms with Crippen LogP contribution in [0.15, 0.2) is 61.2 Å². The van der Waals surface area contributed by atoms with Crippen LogP contribution in [0, 0.1) is 6.92 Å². The first-order valence-corrected chi connectivity index (χ1v) is 12.6. The van der Waals surface area contributed by atoms with Gasteiger partial charge in [0.2, 0.25) is 5.01 Å². The fourth-order valence-electron chi connectivity index (χ4n) is 4.50. The summed E-state index contributed by atoms with van der Waals surface area (Å²) in [6, 6.07) is 14.1. The van der Waals surface area contributed by atoms with Gasteiger partial charge in [0.1, 0.15) is 6.10 Å². The van der Waals surface area contributed by atoms with Gasteiger partial charge in [-0.15, -0.1) is 11.3 Å². The third-order valence-corrected chi connectivity index (χ3v) is 7.35. The highest BCUT2D eigenvalue weighted by Crippen LogP contribution is 2.32. The number of benzene rings is 1. The average molecular weight is 497 g/mol. The van der Waals surface area contributed by atoms with Crippen molar-refractivity contribution in [2.75, 3.05) is 20.1 Å². The van der Waals surface area contributed by atoms with Crippen molar-refractivity contribution >= 4 is 28.2 Å². The smallest absolute Gasteiger partial charge is 0.367 e. The van der Waals surface area contributed by atoms with E-state index in [1.807, 2.05) is 50.5 Å². The minimum absolute atomic E-state index is 0.0717. The molecule has 1 aliphatic rings. The van der Waals surface area contributed by atoms with Crippen molar-refractivity contribution in [1.82, 2.24) is 29.8 Å². The lowest BCUT2D eigenvalue weighted by Gasteiger charge is -2.10. The Balaban J connectivity index is 1.29. The Labute approximate surface area is 212 Å². The number of imidazole rings is 1. The van der Waals surface area contributed by atoms with Gasteiger partial charge in [-0.05, 0) is 50.7 Å². The standard InChI is InChI=1S/C27H24N6O2S/c1-16-4-3-5-22(32-16)25-24(30-15-31-25)17-6-7-21-18(10-17)11-19(12-28-21)23-13-29-26(36-23)27(34)35-20-8-9-33(2)14-20/h3-7,10-13,15,20H,8-9,14H2,1-2H3,(H,30,31)/t20-/m1/s1. The molecule has 5 aromatic rings. The van der Waals surface area contributed by atoms with Crippen LogP contribution >= 0.6 is 11.3 Å². The van der Waals surface area contributed by atoms with Gasteiger partial charge < -0.3 is 14.6 Å². The Hall–Kier alpha value is -3.95. The molecule has 0 bridgehead atoms. The molecule has 0 radical (unpaired) electrons. The number of aryl methyl sites for hydroxylation is 1. The molecule has 1 aromatic carbocycles. The molecule has 0 saturated carbocycles. The van der Waals surface area contributed by atoms with Gasteiger partial charge in [0, 0.05) is 47.7 Å². The second-order valence-corrected chi connectivity index (χ2v) is 10.1. The highest BCUT2D eigenvalue weighted by molar-refractivity contribution is 7.16. The van der Waals surface area contributed by atoms with Crippen LogP contribution < -0.4 is 0 Å². The molecule has 0 amide bonds. The van der Waals surface area contributed by atoms with Crippen LogP contribution in [0.4, 0.5) is 0 Å². The summed E-state index contributed by atoms with van der Waals surface area (Å²) in [5, 5.41) is 1.34. The number of thiazole rings is 1. The number of H-pyrrole nitrogens is 1. The van der Waals surface area contributed by atoms with Crippen molar-refractivity contribution < 1.29 is 9.53 Å². The van der Waals surface area contributed by atoms with E-state index in [0.29, 0.717) is 5.01 Å². The molecule has 36 heavy (non-hydrogen) atoms. The molecule has 1 saturated heterocycles. The summed E-state index contributed by atoms with van der Waals surface area (Å²) in [6.45, 7) is 3.67. The van der Waals surface area contributed by atoms with E-state index in [9.17, 15) is 4.79 Å². The summed E-state index contributed by atoms with van der Waals surface area (Å²) in [7, 11) is 2.03. The number of likely N-dealkylation sites (N-methyl/N-ethyl adjacent to an activating group) is 1. The summed E-state index contributed by atoms with van der Waals surface area (Å²) in [5.74, 6) is -0.363. The van der Waals surface area contributed by atoms with Gasteiger partial charge in [-0.25, -0.2) is 14.8 Å². The number of pyridine rings is 2. The summed E-state index contributed by atoms with van der Waals surface area (Å²) in [6.07, 6.45) is 6.00. The number of aromatic amines is 1. The monoisotopic (exact) mass is 496 g/mol. The SMILES string of the molecule is Cc1cccc(-c2[nH]cnc2-c2ccc3ncc(-c4cnc(C(=O)O[C@@H]5CCN(C)C5)s4)cc3c2)n1. The van der Waals surface area contributed by atoms with Crippen LogP contribution in [0.25, 0.3) is 44.0 Å². The van der Waals surface area contributed by atoms with Crippen molar-refractivity contribution in [1.29, 1.82) is 0 Å². The number of carbonyl (C=O) groups excluding carboxylic acids is 1. The zero-order valence-corrected chi connectivity index (χ0v) is 20.7. The maximum Gasteiger partial charge on any atom is 0.367 e. The number of rotatable bonds is 5. The summed E-state index contributed by atoms with van der Waals surface area (Å²) in [4.78, 5) is 37.0. The van der Waals surface area contributed by atoms with E-state index in [4.69, 9.17) is 4.74 Å². The number of fused-ring (bicyclic) bond motifs is 1. The number of nitrogens with zero attached hydrogens (tertiary/aromatic N) is 5. The lowest BCUT2D eigenvalue weighted by molar-refractivity contribution is 0.0327. The molecular weight excluding hydrogens is 472 g/mol. The van der Waals surface area contributed by atoms with Crippen molar-refractivity contribution in [2.24, 2.45) is 0 Å². The number of aromatic nitrogens is 5. The highest BCUT2D eigenvalue weighted by Gasteiger charge is 2.25. The number of hydrogen-bond acceptors (Lipinski definition) is 8. The first-order valence-electron chi connectivity index (χ1n) is 11.8. The largest absolute Gasteiger partial charge is 0.456 e. The lowest BCUT2D eigenvalue weighted by Crippen LogP contribution is -2.22. The van der Waals surface area contributed by atoms with E-state index >= 15 is 0 Å². The molecule has 8 nitrogen and oxygen atoms in total. The summed E-state index contributed by atoms with van der Waals surface area (Å²) in [5.41, 5.74) is 6.26. The van der Waals surface area contributed by atoms with Crippen LogP contribution in [0.5, 0.6) is 0 Å². The number of esters is 1. The van der Waals surface area contributed by atoms with Crippen molar-refractivity contribution in [3.05, 3.63) is 71.9 Å². The molecule has 1 fully saturated rings. The minimum Gasteiger partial charge on any atom is -0.456 e. The van der Waals surface area contributed by atoms with E-state index in [1.165, 1.54) is 11.3 Å². The Morgan fingerprint density at radius 3 is 2.83 bits per heavy atom. The second kappa shape index (κ2) is 9.25. The van der Waals surface area contributed by atoms with Crippen LogP contribution in [0.2, 0.25) is 0 Å². The van der Waals surface area contributed by atoms with Gasteiger partial charge in [-0.2, -0.15) is 0 Å². The Morgan fingerprint density at radius 1 is 1.11 bits per heavy atom. The first kappa shape index (κ1) is 22.5. The fraction of sp³-hybridized carbons (Fsp3) is 0.222. The van der Waals surface area contributed by atoms with Gasteiger partial charge in [0.25, 0.3) is 0 Å². The van der Waals surface area contributed by atoms with Crippen molar-refractivity contribution in [3.8, 4) is 33.1 Å². The maximum absolute atomic E-state index is 12.6. The van der Waals surface area contributed by atoms with E-state index in [2.05, 4.69) is 42.0 Å². The molecule has 1 N–H and O–H groups in total. The summed E-state index contributed by atoms with van der Waals surface area (Å²) < 4.78 is 5.64. The molecular formula is C27H24N6O2S. The number of hydrogen-bond donors (Lipinski definition) is 1. The van der Waals surface area contributed by atoms with Crippen LogP contribution in [-0.4, -0.2) is 62.0 Å². The number of nitrogens with one attached hydrogen (secondary N) is 1. The van der Waals surface area contributed by atoms with Gasteiger partial charge in [0.05, 0.1) is 33.8 Å². The zero-order valence-electron chi connectivity index (χ0n) is 19.9. The third-order valence-electron chi connectivity index (χ3n) is 6.33. The van der Waals surface area contributed by atoms with Crippen LogP contribution in [0.1, 0.15) is 21.9 Å². The minimum atomic E-state index is -0.363. The molecule has 0 spiro atoms. The van der Waals surface area contributed by atoms with Crippen molar-refractivity contribution in [2.45, 2.75) is 19.4 Å². The second-order valence-electron chi connectivity index (χ2n) is 9.03. The van der Waals surface area contributed by atoms with E-state index < -0.39 is 0 Å². The predicted octanol–water partition coefficient (Wildman–Crippen LogP) is 4.98. The summed E-state index contributed by atoms with van der Waals surface area (Å²) >= 11 is 1.32. The Bertz CT molecular complexity index is 1580. The van der Waals surface area contributed by atoms with E-state index in [-0.39, 0.29) is 12.1 Å². The van der Waals surface area contributed by atoms with Crippen LogP contribution in [-0.2, 0) is 4.74 Å². The van der Waals surface area contributed by atoms with E-state index in [0.717, 1.165) is 69.2 Å². The topological polar surface area (TPSA) is 96.9 Å². The van der Waals surface area contributed by atoms with Crippen LogP contribution in [0.3, 0.4) is 0 Å². The molecule has 0 aliphatic carbocycles. The predicted molar refractivity (Wildman–Crippen MR) is 140 cm³/mol. The molecule has 9 heteroatoms. The average Bonchev–Trinajstić information content (AvgIpc) is 3.64. The number of likely N-dealkylation sites (tertiary alicyclic amines) is 1. The molecule has 180 valence electrons. The molecule has 0 unspecified atom stereocenters. The maximum atomic E-state index is 12.6. The molecule has 1 aliphatic heterocycles. The van der Waals surface area contributed by atoms with Gasteiger partial charge in [-0.3, -0.25) is 9.97 Å². The molecule has 6 rings (SSSR count). The fourth-order valence-corrected chi connectivity index (χ4v) is 5.28. The quantitative estimate of drug-likeness (QED) is 0.343. The van der Waals surface area contributed by atoms with Gasteiger partial charge in [-0.1, -0.05) is 12.1 Å². The normalized spacial score (nSPS) is 16.0. The first-order chi connectivity index (χ1) is 17.5. The van der Waals surface area contributed by atoms with Gasteiger partial charge in [0.15, 0.2) is 0 Å². The molecule has 4 aromatic heterocycles.